The van der Waals surface area contributed by atoms with Gasteiger partial charge in [-0.2, -0.15) is 0 Å². The number of aryl methyl sites for hydroxylation is 2. The van der Waals surface area contributed by atoms with Gasteiger partial charge in [-0.25, -0.2) is 4.98 Å². The van der Waals surface area contributed by atoms with Crippen LogP contribution in [0.4, 0.5) is 0 Å². The first-order valence-corrected chi connectivity index (χ1v) is 7.67. The number of rotatable bonds is 5. The smallest absolute Gasteiger partial charge is 0.119 e. The van der Waals surface area contributed by atoms with Crippen LogP contribution in [0.15, 0.2) is 24.3 Å². The van der Waals surface area contributed by atoms with Gasteiger partial charge in [-0.05, 0) is 45.4 Å². The van der Waals surface area contributed by atoms with Gasteiger partial charge in [-0.15, -0.1) is 11.3 Å². The summed E-state index contributed by atoms with van der Waals surface area (Å²) < 4.78 is 5.28. The van der Waals surface area contributed by atoms with E-state index in [2.05, 4.69) is 50.1 Å². The van der Waals surface area contributed by atoms with Crippen LogP contribution in [-0.2, 0) is 0 Å². The van der Waals surface area contributed by atoms with Gasteiger partial charge < -0.3 is 10.1 Å². The van der Waals surface area contributed by atoms with Crippen molar-refractivity contribution in [3.63, 3.8) is 0 Å². The quantitative estimate of drug-likeness (QED) is 0.897. The molecule has 4 heteroatoms. The molecule has 0 bridgehead atoms. The zero-order valence-electron chi connectivity index (χ0n) is 12.7. The predicted molar refractivity (Wildman–Crippen MR) is 84.5 cm³/mol. The number of thiazole rings is 1. The van der Waals surface area contributed by atoms with E-state index in [1.807, 2.05) is 12.1 Å². The highest BCUT2D eigenvalue weighted by Gasteiger charge is 2.16. The van der Waals surface area contributed by atoms with Crippen molar-refractivity contribution in [1.82, 2.24) is 10.3 Å². The Morgan fingerprint density at radius 3 is 2.55 bits per heavy atom. The van der Waals surface area contributed by atoms with Crippen molar-refractivity contribution in [2.75, 3.05) is 7.11 Å². The monoisotopic (exact) mass is 290 g/mol. The van der Waals surface area contributed by atoms with E-state index in [-0.39, 0.29) is 6.04 Å². The molecule has 1 heterocycles. The highest BCUT2D eigenvalue weighted by molar-refractivity contribution is 7.11. The molecule has 3 nitrogen and oxygen atoms in total. The normalized spacial score (nSPS) is 14.1. The van der Waals surface area contributed by atoms with E-state index in [4.69, 9.17) is 4.74 Å². The Balaban J connectivity index is 2.10. The summed E-state index contributed by atoms with van der Waals surface area (Å²) in [5.74, 6) is 0.897. The Labute approximate surface area is 125 Å². The molecule has 1 N–H and O–H groups in total. The molecule has 0 fully saturated rings. The predicted octanol–water partition coefficient (Wildman–Crippen LogP) is 4.18. The number of hydrogen-bond donors (Lipinski definition) is 1. The fourth-order valence-electron chi connectivity index (χ4n) is 2.41. The topological polar surface area (TPSA) is 34.1 Å². The van der Waals surface area contributed by atoms with Gasteiger partial charge in [0.05, 0.1) is 17.8 Å². The van der Waals surface area contributed by atoms with E-state index < -0.39 is 0 Å². The van der Waals surface area contributed by atoms with E-state index in [0.717, 1.165) is 16.5 Å². The molecule has 2 aromatic rings. The van der Waals surface area contributed by atoms with Crippen molar-refractivity contribution in [3.8, 4) is 5.75 Å². The Kier molecular flexibility index (Phi) is 4.78. The summed E-state index contributed by atoms with van der Waals surface area (Å²) in [7, 11) is 1.70. The maximum absolute atomic E-state index is 5.28. The number of aromatic nitrogens is 1. The molecule has 0 aliphatic rings. The number of ether oxygens (including phenoxy) is 1. The van der Waals surface area contributed by atoms with Crippen LogP contribution < -0.4 is 10.1 Å². The van der Waals surface area contributed by atoms with Crippen molar-refractivity contribution in [3.05, 3.63) is 45.4 Å². The average Bonchev–Trinajstić information content (AvgIpc) is 2.77. The van der Waals surface area contributed by atoms with Crippen molar-refractivity contribution in [1.29, 1.82) is 0 Å². The second kappa shape index (κ2) is 6.37. The molecule has 20 heavy (non-hydrogen) atoms. The third-order valence-electron chi connectivity index (χ3n) is 3.43. The van der Waals surface area contributed by atoms with Crippen LogP contribution in [-0.4, -0.2) is 12.1 Å². The zero-order chi connectivity index (χ0) is 14.7. The first kappa shape index (κ1) is 15.0. The minimum absolute atomic E-state index is 0.266. The first-order chi connectivity index (χ1) is 9.51. The number of nitrogens with zero attached hydrogens (tertiary/aromatic N) is 1. The molecule has 0 saturated carbocycles. The van der Waals surface area contributed by atoms with Crippen LogP contribution in [0.2, 0.25) is 0 Å². The molecule has 2 rings (SSSR count). The Hall–Kier alpha value is -1.39. The van der Waals surface area contributed by atoms with E-state index >= 15 is 0 Å². The van der Waals surface area contributed by atoms with Crippen molar-refractivity contribution < 1.29 is 4.74 Å². The van der Waals surface area contributed by atoms with E-state index in [1.165, 1.54) is 10.4 Å². The lowest BCUT2D eigenvalue weighted by Crippen LogP contribution is -2.22. The van der Waals surface area contributed by atoms with Gasteiger partial charge in [0.2, 0.25) is 0 Å². The molecule has 0 spiro atoms. The molecule has 108 valence electrons. The van der Waals surface area contributed by atoms with Gasteiger partial charge in [0.25, 0.3) is 0 Å². The third kappa shape index (κ3) is 3.38. The van der Waals surface area contributed by atoms with Crippen LogP contribution in [0.25, 0.3) is 0 Å². The fourth-order valence-corrected chi connectivity index (χ4v) is 3.35. The van der Waals surface area contributed by atoms with E-state index in [0.29, 0.717) is 6.04 Å². The van der Waals surface area contributed by atoms with E-state index in [1.54, 1.807) is 18.4 Å². The molecular formula is C16H22N2OS. The van der Waals surface area contributed by atoms with Crippen molar-refractivity contribution >= 4 is 11.3 Å². The molecule has 0 saturated heterocycles. The van der Waals surface area contributed by atoms with Gasteiger partial charge in [-0.1, -0.05) is 12.1 Å². The molecule has 2 atom stereocenters. The Morgan fingerprint density at radius 2 is 1.95 bits per heavy atom. The maximum atomic E-state index is 5.28. The van der Waals surface area contributed by atoms with Crippen LogP contribution in [0.5, 0.6) is 5.75 Å². The third-order valence-corrected chi connectivity index (χ3v) is 4.68. The first-order valence-electron chi connectivity index (χ1n) is 6.85. The maximum Gasteiger partial charge on any atom is 0.119 e. The summed E-state index contributed by atoms with van der Waals surface area (Å²) >= 11 is 1.77. The minimum atomic E-state index is 0.266. The molecule has 1 aromatic carbocycles. The Bertz CT molecular complexity index is 580. The minimum Gasteiger partial charge on any atom is -0.497 e. The molecule has 0 radical (unpaired) electrons. The summed E-state index contributed by atoms with van der Waals surface area (Å²) in [4.78, 5) is 5.81. The van der Waals surface area contributed by atoms with Crippen LogP contribution in [0.3, 0.4) is 0 Å². The molecule has 0 amide bonds. The highest BCUT2D eigenvalue weighted by atomic mass is 32.1. The molecular weight excluding hydrogens is 268 g/mol. The van der Waals surface area contributed by atoms with Crippen molar-refractivity contribution in [2.45, 2.75) is 39.8 Å². The molecule has 0 aliphatic carbocycles. The van der Waals surface area contributed by atoms with Crippen LogP contribution >= 0.6 is 11.3 Å². The molecule has 0 aliphatic heterocycles. The lowest BCUT2D eigenvalue weighted by atomic mass is 10.1. The SMILES string of the molecule is COc1cccc([C@H](C)NC(C)c2sc(C)nc2C)c1. The standard InChI is InChI=1S/C16H22N2OS/c1-10(14-7-6-8-15(9-14)19-5)17-11(2)16-12(3)18-13(4)20-16/h6-11,17H,1-5H3/t10-,11?/m0/s1. The number of methoxy groups -OCH3 is 1. The summed E-state index contributed by atoms with van der Waals surface area (Å²) in [6.07, 6.45) is 0. The van der Waals surface area contributed by atoms with Gasteiger partial charge >= 0.3 is 0 Å². The van der Waals surface area contributed by atoms with E-state index in [9.17, 15) is 0 Å². The van der Waals surface area contributed by atoms with Crippen LogP contribution in [0, 0.1) is 13.8 Å². The Morgan fingerprint density at radius 1 is 1.20 bits per heavy atom. The van der Waals surface area contributed by atoms with Crippen LogP contribution in [0.1, 0.15) is 47.1 Å². The number of benzene rings is 1. The zero-order valence-corrected chi connectivity index (χ0v) is 13.5. The van der Waals surface area contributed by atoms with Gasteiger partial charge in [0.1, 0.15) is 5.75 Å². The van der Waals surface area contributed by atoms with Gasteiger partial charge in [0, 0.05) is 17.0 Å². The van der Waals surface area contributed by atoms with Crippen molar-refractivity contribution in [2.24, 2.45) is 0 Å². The summed E-state index contributed by atoms with van der Waals surface area (Å²) in [6.45, 7) is 8.50. The summed E-state index contributed by atoms with van der Waals surface area (Å²) in [6, 6.07) is 8.76. The average molecular weight is 290 g/mol. The second-order valence-electron chi connectivity index (χ2n) is 5.07. The number of nitrogens with one attached hydrogen (secondary N) is 1. The lowest BCUT2D eigenvalue weighted by molar-refractivity contribution is 0.412. The van der Waals surface area contributed by atoms with Gasteiger partial charge in [-0.3, -0.25) is 0 Å². The second-order valence-corrected chi connectivity index (χ2v) is 6.30. The summed E-state index contributed by atoms with van der Waals surface area (Å²) in [5.41, 5.74) is 2.36. The largest absolute Gasteiger partial charge is 0.497 e. The molecule has 1 unspecified atom stereocenters. The van der Waals surface area contributed by atoms with Gasteiger partial charge in [0.15, 0.2) is 0 Å². The molecule has 1 aromatic heterocycles. The fraction of sp³-hybridized carbons (Fsp3) is 0.438. The summed E-state index contributed by atoms with van der Waals surface area (Å²) in [5, 5.41) is 4.76. The highest BCUT2D eigenvalue weighted by Crippen LogP contribution is 2.27. The number of hydrogen-bond acceptors (Lipinski definition) is 4. The lowest BCUT2D eigenvalue weighted by Gasteiger charge is -2.20.